The van der Waals surface area contributed by atoms with Crippen molar-refractivity contribution in [1.29, 1.82) is 0 Å². The van der Waals surface area contributed by atoms with Crippen molar-refractivity contribution < 1.29 is 4.74 Å². The Morgan fingerprint density at radius 1 is 1.11 bits per heavy atom. The first-order chi connectivity index (χ1) is 12.9. The topological polar surface area (TPSA) is 63.5 Å². The monoisotopic (exact) mass is 485 g/mol. The molecule has 1 aromatic carbocycles. The van der Waals surface area contributed by atoms with E-state index in [0.717, 1.165) is 64.6 Å². The van der Waals surface area contributed by atoms with Crippen LogP contribution in [0.25, 0.3) is 0 Å². The average molecular weight is 485 g/mol. The van der Waals surface area contributed by atoms with E-state index in [1.54, 1.807) is 6.20 Å². The fourth-order valence-corrected chi connectivity index (χ4v) is 2.52. The summed E-state index contributed by atoms with van der Waals surface area (Å²) in [5.74, 6) is 0.872. The van der Waals surface area contributed by atoms with Crippen molar-refractivity contribution in [2.24, 2.45) is 4.99 Å². The van der Waals surface area contributed by atoms with E-state index in [0.29, 0.717) is 0 Å². The van der Waals surface area contributed by atoms with Gasteiger partial charge in [-0.15, -0.1) is 24.0 Å². The maximum absolute atomic E-state index is 5.71. The van der Waals surface area contributed by atoms with Crippen molar-refractivity contribution in [1.82, 2.24) is 20.4 Å². The van der Waals surface area contributed by atoms with Crippen LogP contribution in [0.2, 0.25) is 0 Å². The minimum atomic E-state index is 0. The number of ether oxygens (including phenoxy) is 1. The van der Waals surface area contributed by atoms with E-state index in [1.807, 2.05) is 23.0 Å². The lowest BCUT2D eigenvalue weighted by atomic mass is 10.2. The largest absolute Gasteiger partial charge is 0.381 e. The summed E-state index contributed by atoms with van der Waals surface area (Å²) in [4.78, 5) is 4.60. The fourth-order valence-electron chi connectivity index (χ4n) is 2.52. The van der Waals surface area contributed by atoms with Crippen LogP contribution in [0.5, 0.6) is 0 Å². The molecule has 0 fully saturated rings. The molecule has 0 saturated carbocycles. The van der Waals surface area contributed by atoms with E-state index in [1.165, 1.54) is 5.56 Å². The van der Waals surface area contributed by atoms with Crippen LogP contribution in [-0.2, 0) is 17.7 Å². The summed E-state index contributed by atoms with van der Waals surface area (Å²) in [6.07, 6.45) is 6.68. The summed E-state index contributed by atoms with van der Waals surface area (Å²) >= 11 is 0. The number of rotatable bonds is 12. The molecule has 0 aliphatic rings. The number of nitrogens with zero attached hydrogens (tertiary/aromatic N) is 3. The Bertz CT molecular complexity index is 604. The second kappa shape index (κ2) is 15.4. The molecular weight excluding hydrogens is 453 g/mol. The molecule has 0 radical (unpaired) electrons. The molecule has 7 heteroatoms. The maximum atomic E-state index is 5.71. The van der Waals surface area contributed by atoms with E-state index in [-0.39, 0.29) is 24.0 Å². The lowest BCUT2D eigenvalue weighted by molar-refractivity contribution is 0.135. The van der Waals surface area contributed by atoms with Crippen molar-refractivity contribution in [3.63, 3.8) is 0 Å². The Morgan fingerprint density at radius 3 is 2.70 bits per heavy atom. The molecule has 0 amide bonds. The number of halogens is 1. The van der Waals surface area contributed by atoms with E-state index < -0.39 is 0 Å². The van der Waals surface area contributed by atoms with Crippen LogP contribution in [0.3, 0.4) is 0 Å². The second-order valence-electron chi connectivity index (χ2n) is 6.01. The van der Waals surface area contributed by atoms with Gasteiger partial charge in [0, 0.05) is 45.2 Å². The maximum Gasteiger partial charge on any atom is 0.191 e. The molecule has 2 aromatic rings. The summed E-state index contributed by atoms with van der Waals surface area (Å²) in [6.45, 7) is 7.00. The molecule has 0 aliphatic carbocycles. The van der Waals surface area contributed by atoms with Crippen LogP contribution in [-0.4, -0.2) is 48.6 Å². The van der Waals surface area contributed by atoms with Gasteiger partial charge in [-0.1, -0.05) is 30.3 Å². The highest BCUT2D eigenvalue weighted by atomic mass is 127. The molecule has 150 valence electrons. The number of aromatic nitrogens is 2. The number of benzene rings is 1. The predicted octanol–water partition coefficient (Wildman–Crippen LogP) is 3.10. The Kier molecular flexibility index (Phi) is 13.4. The van der Waals surface area contributed by atoms with Gasteiger partial charge in [-0.25, -0.2) is 0 Å². The number of aliphatic imine (C=N–C) groups is 1. The van der Waals surface area contributed by atoms with Crippen molar-refractivity contribution >= 4 is 29.9 Å². The van der Waals surface area contributed by atoms with E-state index in [4.69, 9.17) is 4.74 Å². The van der Waals surface area contributed by atoms with Gasteiger partial charge in [-0.2, -0.15) is 5.10 Å². The number of guanidine groups is 1. The van der Waals surface area contributed by atoms with Crippen molar-refractivity contribution in [3.8, 4) is 0 Å². The standard InChI is InChI=1S/C20H31N5O.HI/c1-2-21-20(22-12-6-15-25-16-7-14-24-25)23-13-8-17-26-18-11-19-9-4-3-5-10-19;/h3-5,7,9-10,14,16H,2,6,8,11-13,15,17-18H2,1H3,(H2,21,22,23);1H. The zero-order valence-corrected chi connectivity index (χ0v) is 18.5. The summed E-state index contributed by atoms with van der Waals surface area (Å²) in [5, 5.41) is 10.8. The highest BCUT2D eigenvalue weighted by Gasteiger charge is 1.98. The minimum Gasteiger partial charge on any atom is -0.381 e. The highest BCUT2D eigenvalue weighted by molar-refractivity contribution is 14.0. The number of hydrogen-bond donors (Lipinski definition) is 2. The molecule has 0 atom stereocenters. The van der Waals surface area contributed by atoms with Gasteiger partial charge in [0.15, 0.2) is 5.96 Å². The van der Waals surface area contributed by atoms with Crippen molar-refractivity contribution in [2.45, 2.75) is 32.7 Å². The summed E-state index contributed by atoms with van der Waals surface area (Å²) in [6, 6.07) is 12.4. The minimum absolute atomic E-state index is 0. The Morgan fingerprint density at radius 2 is 1.96 bits per heavy atom. The highest BCUT2D eigenvalue weighted by Crippen LogP contribution is 1.99. The molecule has 0 spiro atoms. The molecule has 0 aliphatic heterocycles. The van der Waals surface area contributed by atoms with Gasteiger partial charge in [0.25, 0.3) is 0 Å². The Hall–Kier alpha value is -1.61. The second-order valence-corrected chi connectivity index (χ2v) is 6.01. The van der Waals surface area contributed by atoms with Crippen molar-refractivity contribution in [3.05, 3.63) is 54.4 Å². The number of hydrogen-bond acceptors (Lipinski definition) is 3. The molecule has 27 heavy (non-hydrogen) atoms. The lowest BCUT2D eigenvalue weighted by Gasteiger charge is -2.11. The van der Waals surface area contributed by atoms with Gasteiger partial charge in [0.1, 0.15) is 0 Å². The molecule has 0 unspecified atom stereocenters. The third-order valence-corrected chi connectivity index (χ3v) is 3.85. The molecule has 2 rings (SSSR count). The van der Waals surface area contributed by atoms with Crippen LogP contribution in [0.15, 0.2) is 53.8 Å². The smallest absolute Gasteiger partial charge is 0.191 e. The normalized spacial score (nSPS) is 11.1. The van der Waals surface area contributed by atoms with Gasteiger partial charge in [0.2, 0.25) is 0 Å². The van der Waals surface area contributed by atoms with Gasteiger partial charge >= 0.3 is 0 Å². The molecule has 1 heterocycles. The summed E-state index contributed by atoms with van der Waals surface area (Å²) in [5.41, 5.74) is 1.32. The summed E-state index contributed by atoms with van der Waals surface area (Å²) < 4.78 is 7.64. The molecule has 6 nitrogen and oxygen atoms in total. The van der Waals surface area contributed by atoms with Gasteiger partial charge in [-0.3, -0.25) is 9.67 Å². The zero-order chi connectivity index (χ0) is 18.3. The first kappa shape index (κ1) is 23.4. The quantitative estimate of drug-likeness (QED) is 0.210. The molecule has 0 bridgehead atoms. The Balaban J connectivity index is 0.00000364. The Labute approximate surface area is 179 Å². The molecule has 0 saturated heterocycles. The van der Waals surface area contributed by atoms with Gasteiger partial charge in [0.05, 0.1) is 6.61 Å². The van der Waals surface area contributed by atoms with Crippen molar-refractivity contribution in [2.75, 3.05) is 32.8 Å². The molecule has 1 aromatic heterocycles. The average Bonchev–Trinajstić information content (AvgIpc) is 3.18. The van der Waals surface area contributed by atoms with Gasteiger partial charge in [-0.05, 0) is 37.8 Å². The molecular formula is C20H32IN5O. The number of aryl methyl sites for hydroxylation is 1. The zero-order valence-electron chi connectivity index (χ0n) is 16.1. The first-order valence-corrected chi connectivity index (χ1v) is 9.49. The third kappa shape index (κ3) is 11.0. The van der Waals surface area contributed by atoms with Crippen LogP contribution >= 0.6 is 24.0 Å². The van der Waals surface area contributed by atoms with E-state index >= 15 is 0 Å². The lowest BCUT2D eigenvalue weighted by Crippen LogP contribution is -2.38. The fraction of sp³-hybridized carbons (Fsp3) is 0.500. The van der Waals surface area contributed by atoms with Crippen LogP contribution < -0.4 is 10.6 Å². The van der Waals surface area contributed by atoms with Gasteiger partial charge < -0.3 is 15.4 Å². The summed E-state index contributed by atoms with van der Waals surface area (Å²) in [7, 11) is 0. The SMILES string of the molecule is CCNC(=NCCCn1cccn1)NCCCOCCc1ccccc1.I. The van der Waals surface area contributed by atoms with E-state index in [9.17, 15) is 0 Å². The first-order valence-electron chi connectivity index (χ1n) is 9.49. The third-order valence-electron chi connectivity index (χ3n) is 3.85. The van der Waals surface area contributed by atoms with Crippen LogP contribution in [0.1, 0.15) is 25.3 Å². The van der Waals surface area contributed by atoms with Crippen LogP contribution in [0, 0.1) is 0 Å². The van der Waals surface area contributed by atoms with E-state index in [2.05, 4.69) is 51.9 Å². The predicted molar refractivity (Wildman–Crippen MR) is 122 cm³/mol. The number of nitrogens with one attached hydrogen (secondary N) is 2. The van der Waals surface area contributed by atoms with Crippen LogP contribution in [0.4, 0.5) is 0 Å². The molecule has 2 N–H and O–H groups in total.